The van der Waals surface area contributed by atoms with Gasteiger partial charge in [0.05, 0.1) is 5.02 Å². The van der Waals surface area contributed by atoms with Gasteiger partial charge in [0, 0.05) is 17.6 Å². The smallest absolute Gasteiger partial charge is 0.242 e. The standard InChI is InChI=1S/C13H18Cl2N2O2S/c1-7-5-10(14)8(2)13(12(7)15)20(18,19)17-11(6-16)9-3-4-9/h5,9,11,17H,3-4,6,16H2,1-2H3. The van der Waals surface area contributed by atoms with Crippen molar-refractivity contribution in [1.29, 1.82) is 0 Å². The van der Waals surface area contributed by atoms with E-state index in [0.29, 0.717) is 22.1 Å². The van der Waals surface area contributed by atoms with E-state index >= 15 is 0 Å². The van der Waals surface area contributed by atoms with Gasteiger partial charge in [-0.2, -0.15) is 0 Å². The van der Waals surface area contributed by atoms with E-state index in [0.717, 1.165) is 12.8 Å². The summed E-state index contributed by atoms with van der Waals surface area (Å²) in [6.45, 7) is 3.66. The molecule has 0 amide bonds. The van der Waals surface area contributed by atoms with Gasteiger partial charge in [0.15, 0.2) is 0 Å². The molecular formula is C13H18Cl2N2O2S. The molecule has 1 unspecified atom stereocenters. The SMILES string of the molecule is Cc1cc(Cl)c(C)c(S(=O)(=O)NC(CN)C2CC2)c1Cl. The average molecular weight is 337 g/mol. The van der Waals surface area contributed by atoms with Crippen LogP contribution in [0, 0.1) is 19.8 Å². The van der Waals surface area contributed by atoms with Crippen molar-refractivity contribution in [3.63, 3.8) is 0 Å². The van der Waals surface area contributed by atoms with E-state index in [1.165, 1.54) is 0 Å². The van der Waals surface area contributed by atoms with Crippen LogP contribution < -0.4 is 10.5 Å². The predicted octanol–water partition coefficient (Wildman–Crippen LogP) is 2.63. The second-order valence-corrected chi connectivity index (χ2v) is 7.68. The topological polar surface area (TPSA) is 72.2 Å². The maximum absolute atomic E-state index is 12.6. The van der Waals surface area contributed by atoms with Crippen LogP contribution in [0.4, 0.5) is 0 Å². The summed E-state index contributed by atoms with van der Waals surface area (Å²) in [4.78, 5) is 0.0586. The molecule has 0 aromatic heterocycles. The lowest BCUT2D eigenvalue weighted by molar-refractivity contribution is 0.519. The molecule has 4 nitrogen and oxygen atoms in total. The number of sulfonamides is 1. The Kier molecular flexibility index (Phi) is 4.66. The zero-order chi connectivity index (χ0) is 15.1. The summed E-state index contributed by atoms with van der Waals surface area (Å²) in [5, 5.41) is 0.606. The first-order valence-electron chi connectivity index (χ1n) is 6.45. The Bertz CT molecular complexity index is 601. The van der Waals surface area contributed by atoms with Gasteiger partial charge in [0.25, 0.3) is 0 Å². The Morgan fingerprint density at radius 1 is 1.40 bits per heavy atom. The fraction of sp³-hybridized carbons (Fsp3) is 0.538. The molecule has 0 aliphatic heterocycles. The largest absolute Gasteiger partial charge is 0.329 e. The van der Waals surface area contributed by atoms with Crippen LogP contribution in [0.5, 0.6) is 0 Å². The zero-order valence-electron chi connectivity index (χ0n) is 11.4. The van der Waals surface area contributed by atoms with E-state index in [2.05, 4.69) is 4.72 Å². The number of hydrogen-bond acceptors (Lipinski definition) is 3. The molecule has 1 aromatic rings. The summed E-state index contributed by atoms with van der Waals surface area (Å²) in [5.74, 6) is 0.328. The third kappa shape index (κ3) is 3.12. The summed E-state index contributed by atoms with van der Waals surface area (Å²) in [7, 11) is -3.73. The van der Waals surface area contributed by atoms with Crippen LogP contribution in [0.2, 0.25) is 10.0 Å². The predicted molar refractivity (Wildman–Crippen MR) is 81.8 cm³/mol. The van der Waals surface area contributed by atoms with Crippen LogP contribution in [-0.2, 0) is 10.0 Å². The fourth-order valence-corrected chi connectivity index (χ4v) is 4.76. The second kappa shape index (κ2) is 5.81. The summed E-state index contributed by atoms with van der Waals surface area (Å²) in [6, 6.07) is 1.43. The molecule has 1 aromatic carbocycles. The first kappa shape index (κ1) is 16.0. The van der Waals surface area contributed by atoms with E-state index in [9.17, 15) is 8.42 Å². The van der Waals surface area contributed by atoms with Crippen molar-refractivity contribution in [3.8, 4) is 0 Å². The lowest BCUT2D eigenvalue weighted by Crippen LogP contribution is -2.42. The third-order valence-electron chi connectivity index (χ3n) is 3.61. The highest BCUT2D eigenvalue weighted by Crippen LogP contribution is 2.36. The van der Waals surface area contributed by atoms with Gasteiger partial charge in [0.2, 0.25) is 10.0 Å². The van der Waals surface area contributed by atoms with Crippen molar-refractivity contribution < 1.29 is 8.42 Å². The minimum absolute atomic E-state index is 0.0586. The Morgan fingerprint density at radius 3 is 2.50 bits per heavy atom. The number of nitrogens with one attached hydrogen (secondary N) is 1. The van der Waals surface area contributed by atoms with Crippen molar-refractivity contribution in [1.82, 2.24) is 4.72 Å². The van der Waals surface area contributed by atoms with Crippen molar-refractivity contribution in [2.24, 2.45) is 11.7 Å². The van der Waals surface area contributed by atoms with Gasteiger partial charge < -0.3 is 5.73 Å². The van der Waals surface area contributed by atoms with Gasteiger partial charge in [-0.3, -0.25) is 0 Å². The molecule has 3 N–H and O–H groups in total. The zero-order valence-corrected chi connectivity index (χ0v) is 13.7. The number of aryl methyl sites for hydroxylation is 1. The van der Waals surface area contributed by atoms with Gasteiger partial charge in [0.1, 0.15) is 4.90 Å². The maximum atomic E-state index is 12.6. The van der Waals surface area contributed by atoms with Crippen molar-refractivity contribution >= 4 is 33.2 Å². The number of rotatable bonds is 5. The van der Waals surface area contributed by atoms with Gasteiger partial charge in [-0.25, -0.2) is 13.1 Å². The molecule has 0 saturated heterocycles. The van der Waals surface area contributed by atoms with E-state index < -0.39 is 10.0 Å². The van der Waals surface area contributed by atoms with Gasteiger partial charge >= 0.3 is 0 Å². The number of halogens is 2. The molecule has 1 atom stereocenters. The Labute approximate surface area is 129 Å². The molecule has 0 heterocycles. The van der Waals surface area contributed by atoms with E-state index in [-0.39, 0.29) is 22.5 Å². The molecule has 1 aliphatic rings. The molecular weight excluding hydrogens is 319 g/mol. The lowest BCUT2D eigenvalue weighted by Gasteiger charge is -2.19. The summed E-state index contributed by atoms with van der Waals surface area (Å²) < 4.78 is 27.8. The Balaban J connectivity index is 2.43. The van der Waals surface area contributed by atoms with Crippen molar-refractivity contribution in [2.75, 3.05) is 6.54 Å². The molecule has 2 rings (SSSR count). The first-order chi connectivity index (χ1) is 9.27. The Hall–Kier alpha value is -0.330. The molecule has 0 bridgehead atoms. The molecule has 7 heteroatoms. The highest BCUT2D eigenvalue weighted by atomic mass is 35.5. The lowest BCUT2D eigenvalue weighted by atomic mass is 10.2. The first-order valence-corrected chi connectivity index (χ1v) is 8.69. The normalized spacial score (nSPS) is 17.2. The van der Waals surface area contributed by atoms with E-state index in [1.54, 1.807) is 19.9 Å². The van der Waals surface area contributed by atoms with Crippen LogP contribution in [0.25, 0.3) is 0 Å². The molecule has 112 valence electrons. The van der Waals surface area contributed by atoms with E-state index in [1.807, 2.05) is 0 Å². The van der Waals surface area contributed by atoms with Gasteiger partial charge in [-0.1, -0.05) is 23.2 Å². The highest BCUT2D eigenvalue weighted by Gasteiger charge is 2.34. The molecule has 1 aliphatic carbocycles. The van der Waals surface area contributed by atoms with Crippen molar-refractivity contribution in [2.45, 2.75) is 37.6 Å². The molecule has 1 fully saturated rings. The Morgan fingerprint density at radius 2 is 2.00 bits per heavy atom. The second-order valence-electron chi connectivity index (χ2n) is 5.24. The van der Waals surface area contributed by atoms with E-state index in [4.69, 9.17) is 28.9 Å². The van der Waals surface area contributed by atoms with Crippen LogP contribution >= 0.6 is 23.2 Å². The molecule has 0 radical (unpaired) electrons. The minimum Gasteiger partial charge on any atom is -0.329 e. The van der Waals surface area contributed by atoms with Crippen molar-refractivity contribution in [3.05, 3.63) is 27.2 Å². The summed E-state index contributed by atoms with van der Waals surface area (Å²) in [6.07, 6.45) is 2.01. The molecule has 20 heavy (non-hydrogen) atoms. The third-order valence-corrected chi connectivity index (χ3v) is 6.26. The number of hydrogen-bond donors (Lipinski definition) is 2. The number of nitrogens with two attached hydrogens (primary N) is 1. The van der Waals surface area contributed by atoms with Gasteiger partial charge in [-0.05, 0) is 49.8 Å². The summed E-state index contributed by atoms with van der Waals surface area (Å²) >= 11 is 12.2. The average Bonchev–Trinajstić information content (AvgIpc) is 3.18. The van der Waals surface area contributed by atoms with Gasteiger partial charge in [-0.15, -0.1) is 0 Å². The summed E-state index contributed by atoms with van der Waals surface area (Å²) in [5.41, 5.74) is 6.75. The molecule has 0 spiro atoms. The monoisotopic (exact) mass is 336 g/mol. The number of benzene rings is 1. The van der Waals surface area contributed by atoms with Crippen LogP contribution in [0.1, 0.15) is 24.0 Å². The minimum atomic E-state index is -3.73. The maximum Gasteiger partial charge on any atom is 0.242 e. The van der Waals surface area contributed by atoms with Crippen LogP contribution in [0.15, 0.2) is 11.0 Å². The molecule has 1 saturated carbocycles. The fourth-order valence-electron chi connectivity index (χ4n) is 2.23. The highest BCUT2D eigenvalue weighted by molar-refractivity contribution is 7.89. The quantitative estimate of drug-likeness (QED) is 0.868. The van der Waals surface area contributed by atoms with Crippen LogP contribution in [0.3, 0.4) is 0 Å². The van der Waals surface area contributed by atoms with Crippen LogP contribution in [-0.4, -0.2) is 21.0 Å².